The number of allylic oxidation sites excluding steroid dienone is 3. The zero-order valence-electron chi connectivity index (χ0n) is 6.64. The summed E-state index contributed by atoms with van der Waals surface area (Å²) in [6, 6.07) is 0. The molecular weight excluding hydrogens is 142 g/mol. The van der Waals surface area contributed by atoms with Crippen LogP contribution < -0.4 is 5.32 Å². The number of thioether (sulfide) groups is 1. The zero-order valence-corrected chi connectivity index (χ0v) is 7.46. The summed E-state index contributed by atoms with van der Waals surface area (Å²) in [5, 5.41) is 3.89. The third-order valence-corrected chi connectivity index (χ3v) is 2.58. The van der Waals surface area contributed by atoms with Crippen LogP contribution in [0.4, 0.5) is 0 Å². The second-order valence-electron chi connectivity index (χ2n) is 2.39. The van der Waals surface area contributed by atoms with Crippen molar-refractivity contribution in [2.75, 3.05) is 0 Å². The van der Waals surface area contributed by atoms with Crippen molar-refractivity contribution < 1.29 is 0 Å². The number of rotatable bonds is 1. The summed E-state index contributed by atoms with van der Waals surface area (Å²) >= 11 is 1.88. The molecule has 0 amide bonds. The number of hydrogen-bond donors (Lipinski definition) is 1. The summed E-state index contributed by atoms with van der Waals surface area (Å²) in [5.74, 6) is 0. The number of hydrogen-bond acceptors (Lipinski definition) is 2. The van der Waals surface area contributed by atoms with Crippen LogP contribution in [-0.2, 0) is 0 Å². The minimum absolute atomic E-state index is 0.547. The van der Waals surface area contributed by atoms with Crippen molar-refractivity contribution in [2.24, 2.45) is 0 Å². The van der Waals surface area contributed by atoms with E-state index in [0.29, 0.717) is 5.37 Å². The van der Waals surface area contributed by atoms with Crippen molar-refractivity contribution in [1.82, 2.24) is 5.32 Å². The van der Waals surface area contributed by atoms with Crippen molar-refractivity contribution >= 4 is 11.8 Å². The van der Waals surface area contributed by atoms with Crippen molar-refractivity contribution in [3.63, 3.8) is 0 Å². The molecule has 1 unspecified atom stereocenters. The Kier molecular flexibility index (Phi) is 2.44. The Labute approximate surface area is 66.6 Å². The molecule has 0 aromatic heterocycles. The van der Waals surface area contributed by atoms with Gasteiger partial charge in [0.1, 0.15) is 0 Å². The Balaban J connectivity index is 2.66. The fraction of sp³-hybridized carbons (Fsp3) is 0.500. The largest absolute Gasteiger partial charge is 0.376 e. The monoisotopic (exact) mass is 155 g/mol. The van der Waals surface area contributed by atoms with Crippen LogP contribution in [0.2, 0.25) is 0 Å². The van der Waals surface area contributed by atoms with Crippen LogP contribution in [0, 0.1) is 0 Å². The molecule has 0 radical (unpaired) electrons. The molecule has 0 saturated heterocycles. The lowest BCUT2D eigenvalue weighted by molar-refractivity contribution is 0.820. The van der Waals surface area contributed by atoms with E-state index in [0.717, 1.165) is 0 Å². The summed E-state index contributed by atoms with van der Waals surface area (Å²) in [7, 11) is 0. The van der Waals surface area contributed by atoms with E-state index in [9.17, 15) is 0 Å². The Morgan fingerprint density at radius 2 is 2.30 bits per heavy atom. The van der Waals surface area contributed by atoms with Crippen molar-refractivity contribution in [3.8, 4) is 0 Å². The van der Waals surface area contributed by atoms with Gasteiger partial charge >= 0.3 is 0 Å². The van der Waals surface area contributed by atoms with Crippen LogP contribution in [0.5, 0.6) is 0 Å². The highest BCUT2D eigenvalue weighted by Crippen LogP contribution is 2.30. The lowest BCUT2D eigenvalue weighted by atomic mass is 10.4. The average Bonchev–Trinajstić information content (AvgIpc) is 2.13. The quantitative estimate of drug-likeness (QED) is 0.624. The fourth-order valence-electron chi connectivity index (χ4n) is 1.000. The van der Waals surface area contributed by atoms with Crippen LogP contribution in [0.3, 0.4) is 0 Å². The highest BCUT2D eigenvalue weighted by molar-refractivity contribution is 8.04. The van der Waals surface area contributed by atoms with E-state index >= 15 is 0 Å². The molecule has 1 atom stereocenters. The first-order valence-corrected chi connectivity index (χ1v) is 4.38. The third kappa shape index (κ3) is 1.57. The maximum atomic E-state index is 3.34. The molecule has 0 fully saturated rings. The van der Waals surface area contributed by atoms with Gasteiger partial charge in [0, 0.05) is 10.6 Å². The molecule has 1 N–H and O–H groups in total. The van der Waals surface area contributed by atoms with Crippen LogP contribution in [0.1, 0.15) is 20.8 Å². The maximum absolute atomic E-state index is 3.34. The highest BCUT2D eigenvalue weighted by Gasteiger charge is 2.14. The maximum Gasteiger partial charge on any atom is 0.0738 e. The van der Waals surface area contributed by atoms with E-state index < -0.39 is 0 Å². The molecule has 1 aliphatic rings. The standard InChI is InChI=1S/C8H13NS/c1-4-5-8-6(2)9-7(3)10-8/h4-5,7,9H,1-3H3/b5-4-. The van der Waals surface area contributed by atoms with Gasteiger partial charge in [0.05, 0.1) is 5.37 Å². The minimum atomic E-state index is 0.547. The fourth-order valence-corrected chi connectivity index (χ4v) is 2.07. The smallest absolute Gasteiger partial charge is 0.0738 e. The molecular formula is C8H13NS. The molecule has 1 rings (SSSR count). The Bertz CT molecular complexity index is 182. The molecule has 56 valence electrons. The molecule has 1 aliphatic heterocycles. The van der Waals surface area contributed by atoms with E-state index in [1.165, 1.54) is 10.6 Å². The number of nitrogens with one attached hydrogen (secondary N) is 1. The summed E-state index contributed by atoms with van der Waals surface area (Å²) in [6.45, 7) is 6.33. The third-order valence-electron chi connectivity index (χ3n) is 1.41. The van der Waals surface area contributed by atoms with Crippen LogP contribution in [-0.4, -0.2) is 5.37 Å². The van der Waals surface area contributed by atoms with Gasteiger partial charge in [0.2, 0.25) is 0 Å². The zero-order chi connectivity index (χ0) is 7.56. The summed E-state index contributed by atoms with van der Waals surface area (Å²) in [5.41, 5.74) is 1.30. The minimum Gasteiger partial charge on any atom is -0.376 e. The molecule has 10 heavy (non-hydrogen) atoms. The van der Waals surface area contributed by atoms with Crippen LogP contribution in [0.15, 0.2) is 22.8 Å². The topological polar surface area (TPSA) is 12.0 Å². The summed E-state index contributed by atoms with van der Waals surface area (Å²) < 4.78 is 0. The van der Waals surface area contributed by atoms with Crippen LogP contribution in [0.25, 0.3) is 0 Å². The van der Waals surface area contributed by atoms with Gasteiger partial charge in [-0.2, -0.15) is 0 Å². The predicted molar refractivity (Wildman–Crippen MR) is 47.7 cm³/mol. The normalized spacial score (nSPS) is 26.1. The molecule has 0 aromatic carbocycles. The van der Waals surface area contributed by atoms with Gasteiger partial charge in [-0.15, -0.1) is 0 Å². The second-order valence-corrected chi connectivity index (χ2v) is 3.78. The predicted octanol–water partition coefficient (Wildman–Crippen LogP) is 2.48. The Morgan fingerprint density at radius 3 is 2.70 bits per heavy atom. The Hall–Kier alpha value is -0.370. The van der Waals surface area contributed by atoms with Gasteiger partial charge in [0.15, 0.2) is 0 Å². The van der Waals surface area contributed by atoms with E-state index in [4.69, 9.17) is 0 Å². The van der Waals surface area contributed by atoms with E-state index in [-0.39, 0.29) is 0 Å². The van der Waals surface area contributed by atoms with E-state index in [1.54, 1.807) is 0 Å². The molecule has 0 bridgehead atoms. The molecule has 0 aromatic rings. The van der Waals surface area contributed by atoms with Gasteiger partial charge < -0.3 is 5.32 Å². The molecule has 0 spiro atoms. The molecule has 0 saturated carbocycles. The summed E-state index contributed by atoms with van der Waals surface area (Å²) in [4.78, 5) is 1.37. The van der Waals surface area contributed by atoms with E-state index in [2.05, 4.69) is 31.3 Å². The Morgan fingerprint density at radius 1 is 1.60 bits per heavy atom. The van der Waals surface area contributed by atoms with Crippen molar-refractivity contribution in [3.05, 3.63) is 22.8 Å². The lowest BCUT2D eigenvalue weighted by Crippen LogP contribution is -2.13. The van der Waals surface area contributed by atoms with Gasteiger partial charge in [0.25, 0.3) is 0 Å². The van der Waals surface area contributed by atoms with Gasteiger partial charge in [-0.3, -0.25) is 0 Å². The lowest BCUT2D eigenvalue weighted by Gasteiger charge is -2.00. The van der Waals surface area contributed by atoms with E-state index in [1.807, 2.05) is 18.7 Å². The highest BCUT2D eigenvalue weighted by atomic mass is 32.2. The average molecular weight is 155 g/mol. The first-order valence-electron chi connectivity index (χ1n) is 3.51. The van der Waals surface area contributed by atoms with Gasteiger partial charge in [-0.1, -0.05) is 23.9 Å². The molecule has 0 aliphatic carbocycles. The van der Waals surface area contributed by atoms with Crippen molar-refractivity contribution in [1.29, 1.82) is 0 Å². The SMILES string of the molecule is C/C=C\C1=C(C)NC(C)S1. The van der Waals surface area contributed by atoms with Crippen molar-refractivity contribution in [2.45, 2.75) is 26.1 Å². The molecule has 2 heteroatoms. The summed E-state index contributed by atoms with van der Waals surface area (Å²) in [6.07, 6.45) is 4.22. The van der Waals surface area contributed by atoms with Crippen LogP contribution >= 0.6 is 11.8 Å². The van der Waals surface area contributed by atoms with Gasteiger partial charge in [-0.25, -0.2) is 0 Å². The van der Waals surface area contributed by atoms with Gasteiger partial charge in [-0.05, 0) is 20.8 Å². The first kappa shape index (κ1) is 7.73. The molecule has 1 heterocycles. The first-order chi connectivity index (χ1) is 4.74. The molecule has 1 nitrogen and oxygen atoms in total. The second kappa shape index (κ2) is 3.15.